The van der Waals surface area contributed by atoms with E-state index in [4.69, 9.17) is 4.74 Å². The molecule has 1 amide bonds. The molecule has 0 unspecified atom stereocenters. The molecular weight excluding hydrogens is 268 g/mol. The summed E-state index contributed by atoms with van der Waals surface area (Å²) in [5.74, 6) is 0.357. The Hall–Kier alpha value is -3.02. The van der Waals surface area contributed by atoms with Crippen LogP contribution < -0.4 is 10.2 Å². The molecule has 21 heavy (non-hydrogen) atoms. The molecule has 0 radical (unpaired) electrons. The highest BCUT2D eigenvalue weighted by molar-refractivity contribution is 5.92. The van der Waals surface area contributed by atoms with E-state index in [0.29, 0.717) is 0 Å². The van der Waals surface area contributed by atoms with E-state index in [1.54, 1.807) is 13.2 Å². The first-order valence-corrected chi connectivity index (χ1v) is 6.20. The molecule has 106 valence electrons. The van der Waals surface area contributed by atoms with Crippen LogP contribution in [0.3, 0.4) is 0 Å². The largest absolute Gasteiger partial charge is 0.496 e. The van der Waals surface area contributed by atoms with Gasteiger partial charge in [-0.25, -0.2) is 10.4 Å². The molecule has 2 rings (SSSR count). The van der Waals surface area contributed by atoms with E-state index >= 15 is 0 Å². The maximum Gasteiger partial charge on any atom is 0.291 e. The molecule has 0 fully saturated rings. The lowest BCUT2D eigenvalue weighted by molar-refractivity contribution is 0.0950. The van der Waals surface area contributed by atoms with Crippen molar-refractivity contribution in [1.82, 2.24) is 15.4 Å². The fourth-order valence-electron chi connectivity index (χ4n) is 1.56. The van der Waals surface area contributed by atoms with Gasteiger partial charge in [0.25, 0.3) is 5.91 Å². The van der Waals surface area contributed by atoms with Crippen LogP contribution in [0.15, 0.2) is 54.0 Å². The number of carbonyl (C=O) groups is 1. The summed E-state index contributed by atoms with van der Waals surface area (Å²) in [7, 11) is 1.61. The van der Waals surface area contributed by atoms with Crippen molar-refractivity contribution in [2.24, 2.45) is 5.10 Å². The monoisotopic (exact) mass is 282 g/mol. The van der Waals surface area contributed by atoms with Crippen LogP contribution in [0, 0.1) is 0 Å². The average Bonchev–Trinajstić information content (AvgIpc) is 2.55. The summed E-state index contributed by atoms with van der Waals surface area (Å²) in [6.45, 7) is 0. The first-order valence-electron chi connectivity index (χ1n) is 6.20. The van der Waals surface area contributed by atoms with Gasteiger partial charge >= 0.3 is 0 Å². The van der Waals surface area contributed by atoms with Crippen molar-refractivity contribution in [3.63, 3.8) is 0 Å². The Morgan fingerprint density at radius 1 is 1.33 bits per heavy atom. The average molecular weight is 282 g/mol. The Labute approximate surface area is 122 Å². The van der Waals surface area contributed by atoms with Crippen molar-refractivity contribution >= 4 is 18.2 Å². The molecule has 1 heterocycles. The Morgan fingerprint density at radius 3 is 2.95 bits per heavy atom. The summed E-state index contributed by atoms with van der Waals surface area (Å²) in [6, 6.07) is 7.59. The second-order valence-electron chi connectivity index (χ2n) is 3.91. The number of benzene rings is 1. The number of methoxy groups -OCH3 is 1. The van der Waals surface area contributed by atoms with Crippen LogP contribution in [0.5, 0.6) is 5.75 Å². The van der Waals surface area contributed by atoms with Gasteiger partial charge < -0.3 is 4.74 Å². The quantitative estimate of drug-likeness (QED) is 0.671. The molecule has 0 aliphatic carbocycles. The zero-order valence-electron chi connectivity index (χ0n) is 11.4. The fraction of sp³-hybridized carbons (Fsp3) is 0.0667. The third-order valence-electron chi connectivity index (χ3n) is 2.54. The summed E-state index contributed by atoms with van der Waals surface area (Å²) in [6.07, 6.45) is 9.32. The molecule has 0 atom stereocenters. The molecule has 0 aliphatic rings. The smallest absolute Gasteiger partial charge is 0.291 e. The van der Waals surface area contributed by atoms with Crippen LogP contribution >= 0.6 is 0 Å². The van der Waals surface area contributed by atoms with E-state index in [0.717, 1.165) is 11.3 Å². The number of carbonyl (C=O) groups excluding carboxylic acids is 1. The molecule has 1 N–H and O–H groups in total. The van der Waals surface area contributed by atoms with Crippen molar-refractivity contribution in [1.29, 1.82) is 0 Å². The summed E-state index contributed by atoms with van der Waals surface area (Å²) in [5.41, 5.74) is 3.49. The summed E-state index contributed by atoms with van der Waals surface area (Å²) in [4.78, 5) is 19.3. The van der Waals surface area contributed by atoms with Crippen LogP contribution in [-0.4, -0.2) is 29.2 Å². The molecule has 1 aromatic carbocycles. The SMILES string of the molecule is COc1ccccc1/C=C/C=NNC(=O)c1cnccn1. The van der Waals surface area contributed by atoms with E-state index in [1.165, 1.54) is 24.8 Å². The summed E-state index contributed by atoms with van der Waals surface area (Å²) >= 11 is 0. The second-order valence-corrected chi connectivity index (χ2v) is 3.91. The number of aromatic nitrogens is 2. The highest BCUT2D eigenvalue weighted by Crippen LogP contribution is 2.18. The van der Waals surface area contributed by atoms with Crippen LogP contribution in [0.1, 0.15) is 16.1 Å². The number of hydrogen-bond acceptors (Lipinski definition) is 5. The molecule has 6 nitrogen and oxygen atoms in total. The van der Waals surface area contributed by atoms with Gasteiger partial charge in [-0.1, -0.05) is 18.2 Å². The fourth-order valence-corrected chi connectivity index (χ4v) is 1.56. The first-order chi connectivity index (χ1) is 10.3. The Bertz CT molecular complexity index is 654. The van der Waals surface area contributed by atoms with Gasteiger partial charge in [0.2, 0.25) is 0 Å². The molecule has 1 aromatic heterocycles. The lowest BCUT2D eigenvalue weighted by atomic mass is 10.2. The van der Waals surface area contributed by atoms with Crippen LogP contribution in [0.4, 0.5) is 0 Å². The topological polar surface area (TPSA) is 76.5 Å². The van der Waals surface area contributed by atoms with Crippen molar-refractivity contribution in [3.8, 4) is 5.75 Å². The lowest BCUT2D eigenvalue weighted by Gasteiger charge is -2.02. The number of amides is 1. The van der Waals surface area contributed by atoms with Gasteiger partial charge in [0.1, 0.15) is 11.4 Å². The Morgan fingerprint density at radius 2 is 2.19 bits per heavy atom. The standard InChI is InChI=1S/C15H14N4O2/c1-21-14-7-3-2-5-12(14)6-4-8-18-19-15(20)13-11-16-9-10-17-13/h2-11H,1H3,(H,19,20)/b6-4+,18-8?. The van der Waals surface area contributed by atoms with Crippen molar-refractivity contribution < 1.29 is 9.53 Å². The highest BCUT2D eigenvalue weighted by Gasteiger charge is 2.03. The lowest BCUT2D eigenvalue weighted by Crippen LogP contribution is -2.18. The number of hydrogen-bond donors (Lipinski definition) is 1. The number of hydrazone groups is 1. The molecule has 0 aliphatic heterocycles. The number of ether oxygens (including phenoxy) is 1. The molecule has 0 bridgehead atoms. The zero-order chi connectivity index (χ0) is 14.9. The zero-order valence-corrected chi connectivity index (χ0v) is 11.4. The second kappa shape index (κ2) is 7.54. The third-order valence-corrected chi connectivity index (χ3v) is 2.54. The number of rotatable bonds is 5. The predicted molar refractivity (Wildman–Crippen MR) is 80.0 cm³/mol. The highest BCUT2D eigenvalue weighted by atomic mass is 16.5. The van der Waals surface area contributed by atoms with Gasteiger partial charge in [-0.05, 0) is 18.2 Å². The predicted octanol–water partition coefficient (Wildman–Crippen LogP) is 1.91. The van der Waals surface area contributed by atoms with Crippen molar-refractivity contribution in [2.45, 2.75) is 0 Å². The van der Waals surface area contributed by atoms with Gasteiger partial charge in [0.15, 0.2) is 0 Å². The van der Waals surface area contributed by atoms with Gasteiger partial charge in [-0.3, -0.25) is 9.78 Å². The number of nitrogens with one attached hydrogen (secondary N) is 1. The minimum Gasteiger partial charge on any atom is -0.496 e. The van der Waals surface area contributed by atoms with E-state index in [9.17, 15) is 4.79 Å². The number of nitrogens with zero attached hydrogens (tertiary/aromatic N) is 3. The molecule has 0 saturated carbocycles. The van der Waals surface area contributed by atoms with Crippen LogP contribution in [0.25, 0.3) is 6.08 Å². The van der Waals surface area contributed by atoms with Gasteiger partial charge in [0.05, 0.1) is 13.3 Å². The van der Waals surface area contributed by atoms with Crippen LogP contribution in [-0.2, 0) is 0 Å². The minimum absolute atomic E-state index is 0.211. The van der Waals surface area contributed by atoms with Crippen molar-refractivity contribution in [2.75, 3.05) is 7.11 Å². The van der Waals surface area contributed by atoms with E-state index in [-0.39, 0.29) is 5.69 Å². The third kappa shape index (κ3) is 4.24. The van der Waals surface area contributed by atoms with Crippen LogP contribution in [0.2, 0.25) is 0 Å². The van der Waals surface area contributed by atoms with Gasteiger partial charge in [-0.2, -0.15) is 5.10 Å². The minimum atomic E-state index is -0.412. The Balaban J connectivity index is 1.91. The maximum absolute atomic E-state index is 11.6. The van der Waals surface area contributed by atoms with E-state index < -0.39 is 5.91 Å². The normalized spacial score (nSPS) is 10.9. The first kappa shape index (κ1) is 14.4. The Kier molecular flexibility index (Phi) is 5.17. The molecule has 2 aromatic rings. The molecule has 0 saturated heterocycles. The van der Waals surface area contributed by atoms with Gasteiger partial charge in [-0.15, -0.1) is 0 Å². The van der Waals surface area contributed by atoms with Gasteiger partial charge in [0, 0.05) is 24.2 Å². The molecule has 0 spiro atoms. The summed E-state index contributed by atoms with van der Waals surface area (Å²) in [5, 5.41) is 3.80. The van der Waals surface area contributed by atoms with Crippen molar-refractivity contribution in [3.05, 3.63) is 60.2 Å². The van der Waals surface area contributed by atoms with E-state index in [1.807, 2.05) is 30.3 Å². The molecular formula is C15H14N4O2. The maximum atomic E-state index is 11.6. The summed E-state index contributed by atoms with van der Waals surface area (Å²) < 4.78 is 5.22. The number of para-hydroxylation sites is 1. The number of allylic oxidation sites excluding steroid dienone is 1. The molecule has 6 heteroatoms. The van der Waals surface area contributed by atoms with E-state index in [2.05, 4.69) is 20.5 Å².